The van der Waals surface area contributed by atoms with Crippen LogP contribution in [0.25, 0.3) is 38.5 Å². The first kappa shape index (κ1) is 22.8. The molecular formula is C28H25N5O4. The van der Waals surface area contributed by atoms with E-state index in [1.165, 1.54) is 23.1 Å². The minimum Gasteiger partial charge on any atom is -0.494 e. The molecule has 186 valence electrons. The van der Waals surface area contributed by atoms with Crippen LogP contribution < -0.4 is 16.8 Å². The van der Waals surface area contributed by atoms with Crippen LogP contribution in [-0.2, 0) is 27.1 Å². The van der Waals surface area contributed by atoms with E-state index >= 15 is 0 Å². The molecule has 9 nitrogen and oxygen atoms in total. The van der Waals surface area contributed by atoms with Gasteiger partial charge >= 0.3 is 5.69 Å². The van der Waals surface area contributed by atoms with Crippen LogP contribution in [0.4, 0.5) is 0 Å². The van der Waals surface area contributed by atoms with Gasteiger partial charge in [0.25, 0.3) is 11.1 Å². The van der Waals surface area contributed by atoms with Crippen LogP contribution in [0.5, 0.6) is 5.88 Å². The third-order valence-corrected chi connectivity index (χ3v) is 7.15. The number of rotatable bonds is 4. The van der Waals surface area contributed by atoms with E-state index in [0.717, 1.165) is 31.7 Å². The molecule has 0 aliphatic heterocycles. The van der Waals surface area contributed by atoms with Gasteiger partial charge in [0.2, 0.25) is 11.7 Å². The lowest BCUT2D eigenvalue weighted by atomic mass is 9.97. The van der Waals surface area contributed by atoms with Crippen molar-refractivity contribution in [2.45, 2.75) is 26.3 Å². The molecule has 3 aromatic heterocycles. The first-order valence-electron chi connectivity index (χ1n) is 12.2. The van der Waals surface area contributed by atoms with E-state index in [2.05, 4.69) is 23.2 Å². The van der Waals surface area contributed by atoms with Gasteiger partial charge in [-0.15, -0.1) is 0 Å². The van der Waals surface area contributed by atoms with Crippen molar-refractivity contribution in [2.24, 2.45) is 14.1 Å². The molecule has 0 bridgehead atoms. The maximum atomic E-state index is 13.6. The molecule has 1 N–H and O–H groups in total. The Kier molecular flexibility index (Phi) is 5.04. The topological polar surface area (TPSA) is 104 Å². The van der Waals surface area contributed by atoms with Gasteiger partial charge in [0.1, 0.15) is 0 Å². The minimum atomic E-state index is -0.612. The van der Waals surface area contributed by atoms with E-state index in [1.807, 2.05) is 43.3 Å². The third-order valence-electron chi connectivity index (χ3n) is 7.15. The van der Waals surface area contributed by atoms with Crippen molar-refractivity contribution in [1.82, 2.24) is 23.1 Å². The largest absolute Gasteiger partial charge is 0.494 e. The molecule has 0 aliphatic carbocycles. The molecule has 0 atom stereocenters. The van der Waals surface area contributed by atoms with E-state index in [0.29, 0.717) is 12.8 Å². The maximum Gasteiger partial charge on any atom is 0.332 e. The highest BCUT2D eigenvalue weighted by molar-refractivity contribution is 6.08. The van der Waals surface area contributed by atoms with Crippen LogP contribution in [-0.4, -0.2) is 28.2 Å². The number of hydrogen-bond donors (Lipinski definition) is 1. The molecule has 0 amide bonds. The zero-order valence-corrected chi connectivity index (χ0v) is 20.7. The molecule has 37 heavy (non-hydrogen) atoms. The molecule has 9 heteroatoms. The Morgan fingerprint density at radius 2 is 1.54 bits per heavy atom. The molecule has 0 spiro atoms. The van der Waals surface area contributed by atoms with Gasteiger partial charge in [-0.25, -0.2) is 9.20 Å². The molecule has 0 radical (unpaired) electrons. The van der Waals surface area contributed by atoms with Crippen molar-refractivity contribution in [1.29, 1.82) is 0 Å². The van der Waals surface area contributed by atoms with E-state index < -0.39 is 16.8 Å². The normalized spacial score (nSPS) is 11.9. The van der Waals surface area contributed by atoms with Gasteiger partial charge in [-0.05, 0) is 39.6 Å². The maximum absolute atomic E-state index is 13.6. The second kappa shape index (κ2) is 8.19. The van der Waals surface area contributed by atoms with Crippen LogP contribution in [0.3, 0.4) is 0 Å². The summed E-state index contributed by atoms with van der Waals surface area (Å²) >= 11 is 0. The van der Waals surface area contributed by atoms with Crippen LogP contribution in [0, 0.1) is 0 Å². The highest BCUT2D eigenvalue weighted by Crippen LogP contribution is 2.31. The summed E-state index contributed by atoms with van der Waals surface area (Å²) in [6, 6.07) is 18.2. The number of hydrogen-bond acceptors (Lipinski definition) is 5. The third kappa shape index (κ3) is 3.16. The van der Waals surface area contributed by atoms with Gasteiger partial charge in [0, 0.05) is 14.1 Å². The van der Waals surface area contributed by atoms with E-state index in [4.69, 9.17) is 0 Å². The van der Waals surface area contributed by atoms with Gasteiger partial charge < -0.3 is 5.11 Å². The summed E-state index contributed by atoms with van der Waals surface area (Å²) in [5.41, 5.74) is -0.430. The van der Waals surface area contributed by atoms with E-state index in [1.54, 1.807) is 4.57 Å². The molecule has 0 aliphatic rings. The first-order chi connectivity index (χ1) is 17.8. The van der Waals surface area contributed by atoms with Crippen LogP contribution in [0.15, 0.2) is 69.0 Å². The highest BCUT2D eigenvalue weighted by Gasteiger charge is 2.24. The summed E-state index contributed by atoms with van der Waals surface area (Å²) < 4.78 is 5.01. The lowest BCUT2D eigenvalue weighted by Crippen LogP contribution is -2.38. The number of aryl methyl sites for hydroxylation is 1. The predicted molar refractivity (Wildman–Crippen MR) is 144 cm³/mol. The summed E-state index contributed by atoms with van der Waals surface area (Å²) in [7, 11) is 2.88. The fraction of sp³-hybridized carbons (Fsp3) is 0.214. The zero-order valence-electron chi connectivity index (χ0n) is 20.7. The van der Waals surface area contributed by atoms with Crippen LogP contribution >= 0.6 is 0 Å². The molecule has 3 heterocycles. The zero-order chi connectivity index (χ0) is 26.0. The smallest absolute Gasteiger partial charge is 0.332 e. The van der Waals surface area contributed by atoms with Crippen molar-refractivity contribution in [3.8, 4) is 5.88 Å². The monoisotopic (exact) mass is 495 g/mol. The summed E-state index contributed by atoms with van der Waals surface area (Å²) in [6.45, 7) is 2.12. The molecule has 0 saturated carbocycles. The summed E-state index contributed by atoms with van der Waals surface area (Å²) in [6.07, 6.45) is 0.946. The lowest BCUT2D eigenvalue weighted by molar-refractivity contribution is 0.411. The molecule has 0 unspecified atom stereocenters. The van der Waals surface area contributed by atoms with Crippen molar-refractivity contribution in [2.75, 3.05) is 0 Å². The Bertz CT molecular complexity index is 2080. The SMILES string of the molecule is CCCc1c(O)n(Cc2cc3ccccc3c3ccccc23)c2nc3c(c(=O)n(C)c(=O)n3C)n2c1=O. The molecule has 0 fully saturated rings. The molecule has 6 aromatic rings. The van der Waals surface area contributed by atoms with E-state index in [9.17, 15) is 19.5 Å². The van der Waals surface area contributed by atoms with Gasteiger partial charge in [0.15, 0.2) is 11.2 Å². The van der Waals surface area contributed by atoms with Gasteiger partial charge in [-0.2, -0.15) is 4.98 Å². The average molecular weight is 496 g/mol. The Labute approximate surface area is 210 Å². The number of benzene rings is 3. The summed E-state index contributed by atoms with van der Waals surface area (Å²) in [5, 5.41) is 15.6. The molecule has 0 saturated heterocycles. The highest BCUT2D eigenvalue weighted by atomic mass is 16.3. The number of aromatic nitrogens is 5. The summed E-state index contributed by atoms with van der Waals surface area (Å²) in [4.78, 5) is 43.9. The Morgan fingerprint density at radius 3 is 2.27 bits per heavy atom. The van der Waals surface area contributed by atoms with Crippen molar-refractivity contribution >= 4 is 38.5 Å². The Balaban J connectivity index is 1.75. The number of nitrogens with zero attached hydrogens (tertiary/aromatic N) is 5. The van der Waals surface area contributed by atoms with E-state index in [-0.39, 0.29) is 34.9 Å². The fourth-order valence-corrected chi connectivity index (χ4v) is 5.29. The minimum absolute atomic E-state index is 0.0130. The van der Waals surface area contributed by atoms with Crippen LogP contribution in [0.2, 0.25) is 0 Å². The average Bonchev–Trinajstić information content (AvgIpc) is 3.32. The van der Waals surface area contributed by atoms with Crippen molar-refractivity contribution in [3.63, 3.8) is 0 Å². The predicted octanol–water partition coefficient (Wildman–Crippen LogP) is 3.06. The van der Waals surface area contributed by atoms with Gasteiger partial charge in [-0.3, -0.25) is 23.3 Å². The van der Waals surface area contributed by atoms with Crippen molar-refractivity contribution in [3.05, 3.63) is 96.9 Å². The van der Waals surface area contributed by atoms with Gasteiger partial charge in [-0.1, -0.05) is 61.9 Å². The Morgan fingerprint density at radius 1 is 0.865 bits per heavy atom. The quantitative estimate of drug-likeness (QED) is 0.379. The number of fused-ring (bicyclic) bond motifs is 6. The number of aromatic hydroxyl groups is 1. The Hall–Kier alpha value is -4.66. The standard InChI is InChI=1S/C28H25N5O4/c1-4-9-21-24(34)32(15-17-14-16-10-5-6-11-18(16)20-13-8-7-12-19(17)20)27-29-23-22(33(27)25(21)35)26(36)31(3)28(37)30(23)2/h5-8,10-14,34H,4,9,15H2,1-3H3. The second-order valence-electron chi connectivity index (χ2n) is 9.37. The summed E-state index contributed by atoms with van der Waals surface area (Å²) in [5.74, 6) is -0.0818. The molecular weight excluding hydrogens is 470 g/mol. The fourth-order valence-electron chi connectivity index (χ4n) is 5.29. The second-order valence-corrected chi connectivity index (χ2v) is 9.37. The lowest BCUT2D eigenvalue weighted by Gasteiger charge is -2.16. The van der Waals surface area contributed by atoms with Crippen LogP contribution in [0.1, 0.15) is 24.5 Å². The molecule has 3 aromatic carbocycles. The van der Waals surface area contributed by atoms with Gasteiger partial charge in [0.05, 0.1) is 12.1 Å². The molecule has 6 rings (SSSR count). The first-order valence-corrected chi connectivity index (χ1v) is 12.2. The van der Waals surface area contributed by atoms with Crippen molar-refractivity contribution < 1.29 is 5.11 Å². The number of imidazole rings is 1.